The van der Waals surface area contributed by atoms with Crippen LogP contribution in [0, 0.1) is 0 Å². The summed E-state index contributed by atoms with van der Waals surface area (Å²) in [5.41, 5.74) is 0.669. The van der Waals surface area contributed by atoms with Crippen molar-refractivity contribution in [1.29, 1.82) is 0 Å². The summed E-state index contributed by atoms with van der Waals surface area (Å²) >= 11 is 0. The average Bonchev–Trinajstić information content (AvgIpc) is 2.93. The average molecular weight is 261 g/mol. The van der Waals surface area contributed by atoms with Gasteiger partial charge in [0.05, 0.1) is 18.6 Å². The minimum Gasteiger partial charge on any atom is -0.493 e. The number of aliphatic carboxylic acids is 1. The molecule has 4 nitrogen and oxygen atoms in total. The van der Waals surface area contributed by atoms with Crippen LogP contribution < -0.4 is 4.74 Å². The van der Waals surface area contributed by atoms with Crippen molar-refractivity contribution in [1.82, 2.24) is 4.90 Å². The topological polar surface area (TPSA) is 49.8 Å². The van der Waals surface area contributed by atoms with Gasteiger partial charge in [-0.3, -0.25) is 9.69 Å². The number of rotatable bonds is 3. The lowest BCUT2D eigenvalue weighted by atomic mass is 9.80. The molecule has 0 aliphatic carbocycles. The Labute approximate surface area is 113 Å². The first-order valence-corrected chi connectivity index (χ1v) is 6.91. The predicted molar refractivity (Wildman–Crippen MR) is 71.3 cm³/mol. The molecule has 3 rings (SSSR count). The van der Waals surface area contributed by atoms with E-state index in [9.17, 15) is 9.90 Å². The molecule has 0 saturated carbocycles. The molecule has 0 spiro atoms. The van der Waals surface area contributed by atoms with Crippen molar-refractivity contribution in [2.24, 2.45) is 0 Å². The molecule has 0 radical (unpaired) electrons. The van der Waals surface area contributed by atoms with Crippen molar-refractivity contribution in [3.8, 4) is 5.75 Å². The van der Waals surface area contributed by atoms with Gasteiger partial charge < -0.3 is 9.84 Å². The molecular formula is C15H19NO3. The SMILES string of the molecule is O=C(O)CC1(N2CCCC2)CCOc2ccccc21. The highest BCUT2D eigenvalue weighted by Gasteiger charge is 2.45. The quantitative estimate of drug-likeness (QED) is 0.906. The summed E-state index contributed by atoms with van der Waals surface area (Å²) in [6.07, 6.45) is 3.23. The van der Waals surface area contributed by atoms with Crippen LogP contribution in [-0.4, -0.2) is 35.7 Å². The van der Waals surface area contributed by atoms with E-state index >= 15 is 0 Å². The highest BCUT2D eigenvalue weighted by Crippen LogP contribution is 2.45. The van der Waals surface area contributed by atoms with Crippen LogP contribution in [0.2, 0.25) is 0 Å². The molecule has 1 atom stereocenters. The number of benzene rings is 1. The number of hydrogen-bond acceptors (Lipinski definition) is 3. The summed E-state index contributed by atoms with van der Waals surface area (Å²) in [4.78, 5) is 13.7. The van der Waals surface area contributed by atoms with Crippen LogP contribution in [-0.2, 0) is 10.3 Å². The monoisotopic (exact) mass is 261 g/mol. The van der Waals surface area contributed by atoms with E-state index < -0.39 is 5.97 Å². The summed E-state index contributed by atoms with van der Waals surface area (Å²) < 4.78 is 5.70. The second-order valence-corrected chi connectivity index (χ2v) is 5.39. The van der Waals surface area contributed by atoms with Crippen molar-refractivity contribution in [2.45, 2.75) is 31.2 Å². The van der Waals surface area contributed by atoms with E-state index in [1.807, 2.05) is 24.3 Å². The number of nitrogens with zero attached hydrogens (tertiary/aromatic N) is 1. The number of hydrogen-bond donors (Lipinski definition) is 1. The van der Waals surface area contributed by atoms with E-state index in [4.69, 9.17) is 4.74 Å². The van der Waals surface area contributed by atoms with Crippen molar-refractivity contribution in [3.63, 3.8) is 0 Å². The first-order valence-electron chi connectivity index (χ1n) is 6.91. The molecule has 102 valence electrons. The summed E-state index contributed by atoms with van der Waals surface area (Å²) in [6, 6.07) is 7.89. The fraction of sp³-hybridized carbons (Fsp3) is 0.533. The van der Waals surface area contributed by atoms with Gasteiger partial charge in [0.15, 0.2) is 0 Å². The molecule has 2 heterocycles. The molecule has 2 aliphatic rings. The van der Waals surface area contributed by atoms with Crippen LogP contribution in [0.4, 0.5) is 0 Å². The zero-order valence-corrected chi connectivity index (χ0v) is 11.0. The summed E-state index contributed by atoms with van der Waals surface area (Å²) in [5.74, 6) is 0.116. The van der Waals surface area contributed by atoms with E-state index in [0.29, 0.717) is 6.61 Å². The maximum Gasteiger partial charge on any atom is 0.305 e. The Bertz CT molecular complexity index is 482. The first-order chi connectivity index (χ1) is 9.22. The smallest absolute Gasteiger partial charge is 0.305 e. The molecule has 1 aromatic carbocycles. The van der Waals surface area contributed by atoms with E-state index in [1.54, 1.807) is 0 Å². The summed E-state index contributed by atoms with van der Waals surface area (Å²) in [6.45, 7) is 2.57. The Kier molecular flexibility index (Phi) is 3.19. The van der Waals surface area contributed by atoms with Gasteiger partial charge in [-0.2, -0.15) is 0 Å². The molecule has 1 N–H and O–H groups in total. The summed E-state index contributed by atoms with van der Waals surface area (Å²) in [5, 5.41) is 9.35. The molecule has 1 saturated heterocycles. The number of likely N-dealkylation sites (tertiary alicyclic amines) is 1. The third-order valence-corrected chi connectivity index (χ3v) is 4.32. The maximum absolute atomic E-state index is 11.4. The lowest BCUT2D eigenvalue weighted by molar-refractivity contribution is -0.141. The third kappa shape index (κ3) is 2.10. The molecule has 1 fully saturated rings. The Morgan fingerprint density at radius 2 is 2.05 bits per heavy atom. The van der Waals surface area contributed by atoms with Gasteiger partial charge in [-0.15, -0.1) is 0 Å². The van der Waals surface area contributed by atoms with Gasteiger partial charge in [0.1, 0.15) is 5.75 Å². The van der Waals surface area contributed by atoms with Gasteiger partial charge in [-0.25, -0.2) is 0 Å². The van der Waals surface area contributed by atoms with Crippen molar-refractivity contribution in [3.05, 3.63) is 29.8 Å². The Morgan fingerprint density at radius 3 is 2.79 bits per heavy atom. The second-order valence-electron chi connectivity index (χ2n) is 5.39. The Morgan fingerprint density at radius 1 is 1.32 bits per heavy atom. The number of para-hydroxylation sites is 1. The highest BCUT2D eigenvalue weighted by molar-refractivity contribution is 5.69. The number of carboxylic acids is 1. The van der Waals surface area contributed by atoms with Gasteiger partial charge in [0, 0.05) is 12.0 Å². The number of ether oxygens (including phenoxy) is 1. The van der Waals surface area contributed by atoms with Crippen LogP contribution in [0.5, 0.6) is 5.75 Å². The zero-order valence-electron chi connectivity index (χ0n) is 11.0. The minimum absolute atomic E-state index is 0.160. The van der Waals surface area contributed by atoms with Crippen LogP contribution in [0.25, 0.3) is 0 Å². The lowest BCUT2D eigenvalue weighted by Crippen LogP contribution is -2.49. The van der Waals surface area contributed by atoms with Crippen LogP contribution in [0.15, 0.2) is 24.3 Å². The number of fused-ring (bicyclic) bond motifs is 1. The van der Waals surface area contributed by atoms with Crippen LogP contribution >= 0.6 is 0 Å². The van der Waals surface area contributed by atoms with Crippen LogP contribution in [0.3, 0.4) is 0 Å². The number of carbonyl (C=O) groups is 1. The lowest BCUT2D eigenvalue weighted by Gasteiger charge is -2.44. The minimum atomic E-state index is -0.733. The largest absolute Gasteiger partial charge is 0.493 e. The fourth-order valence-electron chi connectivity index (χ4n) is 3.46. The van der Waals surface area contributed by atoms with Crippen molar-refractivity contribution >= 4 is 5.97 Å². The molecule has 2 aliphatic heterocycles. The van der Waals surface area contributed by atoms with Gasteiger partial charge >= 0.3 is 5.97 Å². The molecule has 0 amide bonds. The Hall–Kier alpha value is -1.55. The van der Waals surface area contributed by atoms with Crippen molar-refractivity contribution in [2.75, 3.05) is 19.7 Å². The molecule has 1 unspecified atom stereocenters. The molecule has 19 heavy (non-hydrogen) atoms. The van der Waals surface area contributed by atoms with E-state index in [0.717, 1.165) is 43.7 Å². The van der Waals surface area contributed by atoms with Gasteiger partial charge in [0.2, 0.25) is 0 Å². The molecule has 4 heteroatoms. The van der Waals surface area contributed by atoms with Gasteiger partial charge in [-0.1, -0.05) is 18.2 Å². The van der Waals surface area contributed by atoms with Crippen molar-refractivity contribution < 1.29 is 14.6 Å². The number of carboxylic acid groups (broad SMARTS) is 1. The fourth-order valence-corrected chi connectivity index (χ4v) is 3.46. The third-order valence-electron chi connectivity index (χ3n) is 4.32. The molecule has 1 aromatic rings. The van der Waals surface area contributed by atoms with Gasteiger partial charge in [0.25, 0.3) is 0 Å². The predicted octanol–water partition coefficient (Wildman–Crippen LogP) is 2.23. The van der Waals surface area contributed by atoms with Gasteiger partial charge in [-0.05, 0) is 32.0 Å². The molecular weight excluding hydrogens is 242 g/mol. The highest BCUT2D eigenvalue weighted by atomic mass is 16.5. The maximum atomic E-state index is 11.4. The first kappa shape index (κ1) is 12.5. The van der Waals surface area contributed by atoms with Crippen LogP contribution in [0.1, 0.15) is 31.2 Å². The molecule has 0 aromatic heterocycles. The van der Waals surface area contributed by atoms with E-state index in [2.05, 4.69) is 4.90 Å². The second kappa shape index (κ2) is 4.85. The Balaban J connectivity index is 2.06. The summed E-state index contributed by atoms with van der Waals surface area (Å²) in [7, 11) is 0. The normalized spacial score (nSPS) is 26.7. The van der Waals surface area contributed by atoms with E-state index in [1.165, 1.54) is 0 Å². The molecule has 0 bridgehead atoms. The van der Waals surface area contributed by atoms with E-state index in [-0.39, 0.29) is 12.0 Å². The zero-order chi connectivity index (χ0) is 13.3. The standard InChI is InChI=1S/C15H19NO3/c17-14(18)11-15(16-8-3-4-9-16)7-10-19-13-6-2-1-5-12(13)15/h1-2,5-6H,3-4,7-11H2,(H,17,18).